The number of hydrogen-bond acceptors (Lipinski definition) is 4. The van der Waals surface area contributed by atoms with E-state index in [1.54, 1.807) is 0 Å². The molecule has 0 saturated carbocycles. The topological polar surface area (TPSA) is 40.5 Å². The highest BCUT2D eigenvalue weighted by atomic mass is 35.5. The predicted molar refractivity (Wildman–Crippen MR) is 70.8 cm³/mol. The first-order valence-electron chi connectivity index (χ1n) is 5.86. The maximum Gasteiger partial charge on any atom is 0.188 e. The Kier molecular flexibility index (Phi) is 9.41. The number of nitrogens with zero attached hydrogens (tertiary/aromatic N) is 1. The van der Waals surface area contributed by atoms with E-state index in [-0.39, 0.29) is 18.2 Å². The predicted octanol–water partition coefficient (Wildman–Crippen LogP) is 2.62. The van der Waals surface area contributed by atoms with Crippen molar-refractivity contribution >= 4 is 30.1 Å². The van der Waals surface area contributed by atoms with Gasteiger partial charge in [0.25, 0.3) is 0 Å². The number of carbonyl (C=O) groups is 1. The van der Waals surface area contributed by atoms with Crippen molar-refractivity contribution in [1.82, 2.24) is 4.31 Å². The lowest BCUT2D eigenvalue weighted by Crippen LogP contribution is -2.30. The Morgan fingerprint density at radius 2 is 1.94 bits per heavy atom. The molecule has 1 unspecified atom stereocenters. The summed E-state index contributed by atoms with van der Waals surface area (Å²) in [6.45, 7) is 3.05. The Labute approximate surface area is 109 Å². The van der Waals surface area contributed by atoms with Crippen molar-refractivity contribution in [1.29, 1.82) is 0 Å². The number of carbonyl (C=O) groups excluding carboxylic acids is 1. The summed E-state index contributed by atoms with van der Waals surface area (Å²) in [5.74, 6) is 0.391. The highest BCUT2D eigenvalue weighted by Gasteiger charge is 2.30. The van der Waals surface area contributed by atoms with E-state index in [2.05, 4.69) is 6.92 Å². The normalized spacial score (nSPS) is 21.1. The molecular formula is C11H22ClNO2S. The van der Waals surface area contributed by atoms with E-state index in [1.807, 2.05) is 4.31 Å². The van der Waals surface area contributed by atoms with Gasteiger partial charge in [-0.25, -0.2) is 4.31 Å². The second kappa shape index (κ2) is 9.28. The molecule has 1 heterocycles. The fourth-order valence-corrected chi connectivity index (χ4v) is 2.65. The number of unbranched alkanes of at least 4 members (excludes halogenated alkanes) is 5. The lowest BCUT2D eigenvalue weighted by atomic mass is 10.1. The zero-order chi connectivity index (χ0) is 11.1. The Morgan fingerprint density at radius 3 is 2.50 bits per heavy atom. The smallest absolute Gasteiger partial charge is 0.188 e. The molecule has 0 spiro atoms. The van der Waals surface area contributed by atoms with Crippen LogP contribution in [0.3, 0.4) is 0 Å². The minimum Gasteiger partial charge on any atom is -0.370 e. The van der Waals surface area contributed by atoms with Crippen molar-refractivity contribution in [2.24, 2.45) is 0 Å². The molecule has 0 aromatic carbocycles. The van der Waals surface area contributed by atoms with Crippen molar-refractivity contribution in [2.45, 2.75) is 51.7 Å². The lowest BCUT2D eigenvalue weighted by molar-refractivity contribution is -0.127. The quantitative estimate of drug-likeness (QED) is 0.569. The molecule has 3 nitrogen and oxygen atoms in total. The van der Waals surface area contributed by atoms with E-state index < -0.39 is 6.23 Å². The van der Waals surface area contributed by atoms with E-state index in [1.165, 1.54) is 44.1 Å². The summed E-state index contributed by atoms with van der Waals surface area (Å²) in [5.41, 5.74) is 0. The van der Waals surface area contributed by atoms with Gasteiger partial charge in [0.05, 0.1) is 5.75 Å². The van der Waals surface area contributed by atoms with Crippen LogP contribution in [0.4, 0.5) is 0 Å². The van der Waals surface area contributed by atoms with Crippen LogP contribution in [-0.4, -0.2) is 33.7 Å². The summed E-state index contributed by atoms with van der Waals surface area (Å²) in [6.07, 6.45) is 6.63. The SMILES string of the molecule is CCCCCCCCN1SCC(=O)C1O.Cl. The number of halogens is 1. The molecule has 0 amide bonds. The van der Waals surface area contributed by atoms with Crippen LogP contribution in [0.2, 0.25) is 0 Å². The van der Waals surface area contributed by atoms with Crippen molar-refractivity contribution in [3.05, 3.63) is 0 Å². The van der Waals surface area contributed by atoms with Gasteiger partial charge in [-0.15, -0.1) is 12.4 Å². The van der Waals surface area contributed by atoms with Gasteiger partial charge in [0.1, 0.15) is 0 Å². The van der Waals surface area contributed by atoms with Gasteiger partial charge in [-0.3, -0.25) is 4.79 Å². The van der Waals surface area contributed by atoms with E-state index in [0.29, 0.717) is 5.75 Å². The monoisotopic (exact) mass is 267 g/mol. The number of Topliss-reactive ketones (excluding diaryl/α,β-unsaturated/α-hetero) is 1. The van der Waals surface area contributed by atoms with E-state index >= 15 is 0 Å². The number of hydrogen-bond donors (Lipinski definition) is 1. The fraction of sp³-hybridized carbons (Fsp3) is 0.909. The number of aliphatic hydroxyl groups is 1. The summed E-state index contributed by atoms with van der Waals surface area (Å²) in [5, 5.41) is 9.45. The largest absolute Gasteiger partial charge is 0.370 e. The second-order valence-corrected chi connectivity index (χ2v) is 5.04. The lowest BCUT2D eigenvalue weighted by Gasteiger charge is -2.16. The molecule has 16 heavy (non-hydrogen) atoms. The van der Waals surface area contributed by atoms with Crippen LogP contribution in [-0.2, 0) is 4.79 Å². The Morgan fingerprint density at radius 1 is 1.31 bits per heavy atom. The molecule has 1 saturated heterocycles. The van der Waals surface area contributed by atoms with Gasteiger partial charge in [0.2, 0.25) is 0 Å². The summed E-state index contributed by atoms with van der Waals surface area (Å²) in [7, 11) is 0. The van der Waals surface area contributed by atoms with Crippen LogP contribution < -0.4 is 0 Å². The van der Waals surface area contributed by atoms with Crippen molar-refractivity contribution in [3.8, 4) is 0 Å². The molecule has 0 bridgehead atoms. The molecule has 1 fully saturated rings. The molecule has 96 valence electrons. The Balaban J connectivity index is 0.00000225. The highest BCUT2D eigenvalue weighted by Crippen LogP contribution is 2.23. The van der Waals surface area contributed by atoms with Crippen molar-refractivity contribution in [2.75, 3.05) is 12.3 Å². The van der Waals surface area contributed by atoms with E-state index in [4.69, 9.17) is 0 Å². The third kappa shape index (κ3) is 5.53. The van der Waals surface area contributed by atoms with Crippen molar-refractivity contribution in [3.63, 3.8) is 0 Å². The first-order chi connectivity index (χ1) is 7.25. The van der Waals surface area contributed by atoms with Gasteiger partial charge in [0, 0.05) is 6.54 Å². The molecule has 0 aromatic heterocycles. The molecule has 0 aromatic rings. The van der Waals surface area contributed by atoms with E-state index in [0.717, 1.165) is 13.0 Å². The third-order valence-electron chi connectivity index (χ3n) is 2.67. The molecule has 1 aliphatic heterocycles. The minimum absolute atomic E-state index is 0. The molecule has 0 radical (unpaired) electrons. The molecule has 1 N–H and O–H groups in total. The van der Waals surface area contributed by atoms with Crippen LogP contribution >= 0.6 is 24.4 Å². The molecule has 0 aliphatic carbocycles. The molecule has 5 heteroatoms. The minimum atomic E-state index is -0.842. The molecule has 1 aliphatic rings. The van der Waals surface area contributed by atoms with Crippen LogP contribution in [0, 0.1) is 0 Å². The molecule has 1 atom stereocenters. The zero-order valence-electron chi connectivity index (χ0n) is 9.85. The van der Waals surface area contributed by atoms with Crippen LogP contribution in [0.5, 0.6) is 0 Å². The van der Waals surface area contributed by atoms with E-state index in [9.17, 15) is 9.90 Å². The first-order valence-corrected chi connectivity index (χ1v) is 6.80. The van der Waals surface area contributed by atoms with Gasteiger partial charge in [-0.2, -0.15) is 0 Å². The van der Waals surface area contributed by atoms with Crippen molar-refractivity contribution < 1.29 is 9.90 Å². The summed E-state index contributed by atoms with van der Waals surface area (Å²) >= 11 is 1.46. The number of ketones is 1. The molecular weight excluding hydrogens is 246 g/mol. The third-order valence-corrected chi connectivity index (χ3v) is 3.79. The Bertz CT molecular complexity index is 204. The van der Waals surface area contributed by atoms with Gasteiger partial charge in [-0.1, -0.05) is 51.0 Å². The van der Waals surface area contributed by atoms with Gasteiger partial charge in [-0.05, 0) is 6.42 Å². The number of aliphatic hydroxyl groups excluding tert-OH is 1. The van der Waals surface area contributed by atoms with Crippen LogP contribution in [0.1, 0.15) is 45.4 Å². The van der Waals surface area contributed by atoms with Gasteiger partial charge < -0.3 is 5.11 Å². The van der Waals surface area contributed by atoms with Gasteiger partial charge in [0.15, 0.2) is 12.0 Å². The Hall–Kier alpha value is 0.230. The van der Waals surface area contributed by atoms with Crippen LogP contribution in [0.25, 0.3) is 0 Å². The average Bonchev–Trinajstić information content (AvgIpc) is 2.54. The zero-order valence-corrected chi connectivity index (χ0v) is 11.5. The highest BCUT2D eigenvalue weighted by molar-refractivity contribution is 7.98. The van der Waals surface area contributed by atoms with Crippen LogP contribution in [0.15, 0.2) is 0 Å². The maximum absolute atomic E-state index is 11.0. The standard InChI is InChI=1S/C11H21NO2S.ClH/c1-2-3-4-5-6-7-8-12-11(14)10(13)9-15-12;/h11,14H,2-9H2,1H3;1H. The van der Waals surface area contributed by atoms with Gasteiger partial charge >= 0.3 is 0 Å². The molecule has 1 rings (SSSR count). The summed E-state index contributed by atoms with van der Waals surface area (Å²) in [6, 6.07) is 0. The number of rotatable bonds is 7. The fourth-order valence-electron chi connectivity index (χ4n) is 1.69. The average molecular weight is 268 g/mol. The second-order valence-electron chi connectivity index (χ2n) is 4.02. The summed E-state index contributed by atoms with van der Waals surface area (Å²) < 4.78 is 1.81. The summed E-state index contributed by atoms with van der Waals surface area (Å²) in [4.78, 5) is 11.0. The maximum atomic E-state index is 11.0. The first kappa shape index (κ1) is 16.2.